The highest BCUT2D eigenvalue weighted by molar-refractivity contribution is 7.80. The molecule has 2 rings (SSSR count). The van der Waals surface area contributed by atoms with E-state index in [2.05, 4.69) is 22.3 Å². The molecule has 21 heavy (non-hydrogen) atoms. The zero-order chi connectivity index (χ0) is 15.2. The summed E-state index contributed by atoms with van der Waals surface area (Å²) >= 11 is 5.02. The van der Waals surface area contributed by atoms with Gasteiger partial charge in [0.1, 0.15) is 4.99 Å². The molecule has 1 aliphatic rings. The fourth-order valence-corrected chi connectivity index (χ4v) is 2.84. The van der Waals surface area contributed by atoms with Gasteiger partial charge >= 0.3 is 0 Å². The molecule has 0 aromatic heterocycles. The number of carbonyl (C=O) groups excluding carboxylic acids is 1. The van der Waals surface area contributed by atoms with Crippen LogP contribution in [0.15, 0.2) is 24.3 Å². The third kappa shape index (κ3) is 5.10. The number of thiocarbonyl (C=S) groups is 1. The van der Waals surface area contributed by atoms with Crippen molar-refractivity contribution in [3.63, 3.8) is 0 Å². The number of amides is 1. The van der Waals surface area contributed by atoms with Crippen molar-refractivity contribution in [3.05, 3.63) is 35.4 Å². The first-order valence-corrected chi connectivity index (χ1v) is 7.81. The van der Waals surface area contributed by atoms with E-state index in [0.717, 1.165) is 44.6 Å². The van der Waals surface area contributed by atoms with Crippen LogP contribution in [0.4, 0.5) is 0 Å². The minimum Gasteiger partial charge on any atom is -0.389 e. The minimum atomic E-state index is 0.0620. The van der Waals surface area contributed by atoms with Crippen molar-refractivity contribution >= 4 is 23.1 Å². The predicted octanol–water partition coefficient (Wildman–Crippen LogP) is 1.67. The molecule has 3 N–H and O–H groups in total. The monoisotopic (exact) mass is 305 g/mol. The quantitative estimate of drug-likeness (QED) is 0.813. The first-order valence-electron chi connectivity index (χ1n) is 7.40. The lowest BCUT2D eigenvalue weighted by molar-refractivity contribution is -0.119. The van der Waals surface area contributed by atoms with Crippen molar-refractivity contribution in [1.82, 2.24) is 10.2 Å². The number of nitrogens with zero attached hydrogens (tertiary/aromatic N) is 1. The van der Waals surface area contributed by atoms with Crippen molar-refractivity contribution < 1.29 is 4.79 Å². The number of nitrogens with two attached hydrogens (primary N) is 1. The highest BCUT2D eigenvalue weighted by Gasteiger charge is 2.19. The van der Waals surface area contributed by atoms with Gasteiger partial charge in [-0.15, -0.1) is 0 Å². The van der Waals surface area contributed by atoms with Crippen LogP contribution in [0.1, 0.15) is 30.9 Å². The molecule has 0 bridgehead atoms. The summed E-state index contributed by atoms with van der Waals surface area (Å²) in [5.41, 5.74) is 7.86. The number of carbonyl (C=O) groups is 1. The molecule has 1 saturated heterocycles. The van der Waals surface area contributed by atoms with Gasteiger partial charge in [0, 0.05) is 25.6 Å². The van der Waals surface area contributed by atoms with E-state index < -0.39 is 0 Å². The fourth-order valence-electron chi connectivity index (χ4n) is 2.72. The van der Waals surface area contributed by atoms with Crippen LogP contribution in [0.2, 0.25) is 0 Å². The van der Waals surface area contributed by atoms with Crippen molar-refractivity contribution in [2.75, 3.05) is 19.6 Å². The van der Waals surface area contributed by atoms with Crippen molar-refractivity contribution in [3.8, 4) is 0 Å². The summed E-state index contributed by atoms with van der Waals surface area (Å²) in [4.78, 5) is 13.8. The Morgan fingerprint density at radius 2 is 2.14 bits per heavy atom. The van der Waals surface area contributed by atoms with Crippen LogP contribution in [-0.4, -0.2) is 35.4 Å². The summed E-state index contributed by atoms with van der Waals surface area (Å²) in [6, 6.07) is 8.15. The lowest BCUT2D eigenvalue weighted by Gasteiger charge is -2.32. The molecule has 1 amide bonds. The Labute approximate surface area is 131 Å². The summed E-state index contributed by atoms with van der Waals surface area (Å²) in [7, 11) is 0. The normalized spacial score (nSPS) is 16.6. The Kier molecular flexibility index (Phi) is 5.70. The fraction of sp³-hybridized carbons (Fsp3) is 0.500. The van der Waals surface area contributed by atoms with Gasteiger partial charge in [-0.1, -0.05) is 30.4 Å². The van der Waals surface area contributed by atoms with E-state index in [4.69, 9.17) is 18.0 Å². The molecule has 1 fully saturated rings. The van der Waals surface area contributed by atoms with Crippen LogP contribution in [-0.2, 0) is 11.3 Å². The molecular formula is C16H23N3OS. The second-order valence-corrected chi connectivity index (χ2v) is 6.16. The number of benzene rings is 1. The maximum Gasteiger partial charge on any atom is 0.216 e. The van der Waals surface area contributed by atoms with Crippen LogP contribution in [0.3, 0.4) is 0 Å². The number of nitrogens with one attached hydrogen (secondary N) is 1. The Bertz CT molecular complexity index is 510. The summed E-state index contributed by atoms with van der Waals surface area (Å²) in [6.07, 6.45) is 2.27. The van der Waals surface area contributed by atoms with Gasteiger partial charge in [0.15, 0.2) is 0 Å². The van der Waals surface area contributed by atoms with E-state index in [1.54, 1.807) is 6.92 Å². The van der Waals surface area contributed by atoms with E-state index in [1.165, 1.54) is 5.56 Å². The number of hydrogen-bond acceptors (Lipinski definition) is 3. The highest BCUT2D eigenvalue weighted by atomic mass is 32.1. The molecule has 4 nitrogen and oxygen atoms in total. The van der Waals surface area contributed by atoms with Crippen LogP contribution in [0.25, 0.3) is 0 Å². The van der Waals surface area contributed by atoms with Gasteiger partial charge in [-0.2, -0.15) is 0 Å². The zero-order valence-corrected chi connectivity index (χ0v) is 13.3. The Hall–Kier alpha value is -1.46. The minimum absolute atomic E-state index is 0.0620. The topological polar surface area (TPSA) is 58.4 Å². The first kappa shape index (κ1) is 15.9. The maximum atomic E-state index is 10.9. The van der Waals surface area contributed by atoms with E-state index >= 15 is 0 Å². The van der Waals surface area contributed by atoms with Crippen LogP contribution in [0, 0.1) is 5.92 Å². The van der Waals surface area contributed by atoms with E-state index in [-0.39, 0.29) is 5.91 Å². The van der Waals surface area contributed by atoms with Gasteiger partial charge in [-0.05, 0) is 43.5 Å². The number of piperidine rings is 1. The predicted molar refractivity (Wildman–Crippen MR) is 89.0 cm³/mol. The third-order valence-corrected chi connectivity index (χ3v) is 4.20. The number of likely N-dealkylation sites (tertiary alicyclic amines) is 1. The molecule has 0 saturated carbocycles. The van der Waals surface area contributed by atoms with Gasteiger partial charge in [-0.25, -0.2) is 0 Å². The average Bonchev–Trinajstić information content (AvgIpc) is 2.47. The largest absolute Gasteiger partial charge is 0.389 e. The second-order valence-electron chi connectivity index (χ2n) is 5.72. The molecule has 5 heteroatoms. The van der Waals surface area contributed by atoms with Gasteiger partial charge in [0.05, 0.1) is 0 Å². The lowest BCUT2D eigenvalue weighted by Crippen LogP contribution is -2.37. The maximum absolute atomic E-state index is 10.9. The summed E-state index contributed by atoms with van der Waals surface area (Å²) < 4.78 is 0. The van der Waals surface area contributed by atoms with Crippen molar-refractivity contribution in [2.24, 2.45) is 11.7 Å². The molecule has 0 aliphatic carbocycles. The van der Waals surface area contributed by atoms with Gasteiger partial charge < -0.3 is 11.1 Å². The summed E-state index contributed by atoms with van der Waals surface area (Å²) in [5, 5.41) is 2.91. The van der Waals surface area contributed by atoms with E-state index in [9.17, 15) is 4.79 Å². The molecule has 1 aromatic carbocycles. The molecule has 1 aliphatic heterocycles. The van der Waals surface area contributed by atoms with Crippen molar-refractivity contribution in [2.45, 2.75) is 26.3 Å². The third-order valence-electron chi connectivity index (χ3n) is 3.96. The molecule has 0 unspecified atom stereocenters. The van der Waals surface area contributed by atoms with E-state index in [1.807, 2.05) is 12.1 Å². The molecular weight excluding hydrogens is 282 g/mol. The highest BCUT2D eigenvalue weighted by Crippen LogP contribution is 2.18. The SMILES string of the molecule is CC(=O)NCC1CCN(Cc2cccc(C(N)=S)c2)CC1. The molecule has 0 radical (unpaired) electrons. The number of hydrogen-bond donors (Lipinski definition) is 2. The van der Waals surface area contributed by atoms with Gasteiger partial charge in [0.2, 0.25) is 5.91 Å². The standard InChI is InChI=1S/C16H23N3OS/c1-12(20)18-10-13-5-7-19(8-6-13)11-14-3-2-4-15(9-14)16(17)21/h2-4,9,13H,5-8,10-11H2,1H3,(H2,17,21)(H,18,20). The Balaban J connectivity index is 1.82. The second kappa shape index (κ2) is 7.52. The smallest absolute Gasteiger partial charge is 0.216 e. The summed E-state index contributed by atoms with van der Waals surface area (Å²) in [6.45, 7) is 5.45. The van der Waals surface area contributed by atoms with Crippen LogP contribution >= 0.6 is 12.2 Å². The molecule has 0 atom stereocenters. The first-order chi connectivity index (χ1) is 10.0. The molecule has 114 valence electrons. The zero-order valence-electron chi connectivity index (χ0n) is 12.5. The molecule has 1 aromatic rings. The molecule has 1 heterocycles. The van der Waals surface area contributed by atoms with E-state index in [0.29, 0.717) is 10.9 Å². The lowest BCUT2D eigenvalue weighted by atomic mass is 9.96. The van der Waals surface area contributed by atoms with Crippen LogP contribution < -0.4 is 11.1 Å². The van der Waals surface area contributed by atoms with Crippen molar-refractivity contribution in [1.29, 1.82) is 0 Å². The Morgan fingerprint density at radius 3 is 2.76 bits per heavy atom. The molecule has 0 spiro atoms. The van der Waals surface area contributed by atoms with Gasteiger partial charge in [-0.3, -0.25) is 9.69 Å². The summed E-state index contributed by atoms with van der Waals surface area (Å²) in [5.74, 6) is 0.667. The average molecular weight is 305 g/mol. The van der Waals surface area contributed by atoms with Crippen LogP contribution in [0.5, 0.6) is 0 Å². The Morgan fingerprint density at radius 1 is 1.43 bits per heavy atom. The van der Waals surface area contributed by atoms with Gasteiger partial charge in [0.25, 0.3) is 0 Å². The number of rotatable bonds is 5.